The fraction of sp³-hybridized carbons (Fsp3) is 0.684. The Bertz CT molecular complexity index is 441. The molecular weight excluding hydrogens is 278 g/mol. The lowest BCUT2D eigenvalue weighted by Crippen LogP contribution is -2.24. The van der Waals surface area contributed by atoms with E-state index in [1.165, 1.54) is 42.4 Å². The van der Waals surface area contributed by atoms with Gasteiger partial charge in [-0.1, -0.05) is 38.5 Å². The molecule has 0 amide bonds. The van der Waals surface area contributed by atoms with E-state index in [1.807, 2.05) is 0 Å². The van der Waals surface area contributed by atoms with E-state index in [2.05, 4.69) is 32.0 Å². The molecule has 118 valence electrons. The number of benzene rings is 1. The number of rotatable bonds is 2. The van der Waals surface area contributed by atoms with Crippen LogP contribution in [0.1, 0.15) is 62.6 Å². The van der Waals surface area contributed by atoms with Crippen molar-refractivity contribution in [2.75, 3.05) is 0 Å². The van der Waals surface area contributed by atoms with Gasteiger partial charge in [-0.3, -0.25) is 0 Å². The second kappa shape index (κ2) is 8.19. The third-order valence-electron chi connectivity index (χ3n) is 4.46. The van der Waals surface area contributed by atoms with Gasteiger partial charge in [0.2, 0.25) is 0 Å². The lowest BCUT2D eigenvalue weighted by molar-refractivity contribution is 0.546. The summed E-state index contributed by atoms with van der Waals surface area (Å²) in [6.45, 7) is 4.57. The molecule has 1 aliphatic rings. The molecule has 0 spiro atoms. The van der Waals surface area contributed by atoms with Crippen LogP contribution < -0.4 is 5.73 Å². The molecule has 0 heterocycles. The molecular formula is C19H30ClN. The quantitative estimate of drug-likeness (QED) is 0.775. The summed E-state index contributed by atoms with van der Waals surface area (Å²) < 4.78 is 0. The fourth-order valence-corrected chi connectivity index (χ4v) is 3.59. The van der Waals surface area contributed by atoms with E-state index >= 15 is 0 Å². The maximum absolute atomic E-state index is 6.38. The molecule has 1 aliphatic carbocycles. The van der Waals surface area contributed by atoms with Gasteiger partial charge >= 0.3 is 0 Å². The van der Waals surface area contributed by atoms with Crippen molar-refractivity contribution in [1.29, 1.82) is 0 Å². The van der Waals surface area contributed by atoms with Crippen LogP contribution in [0.25, 0.3) is 0 Å². The molecule has 0 saturated heterocycles. The number of alkyl halides is 1. The van der Waals surface area contributed by atoms with Crippen molar-refractivity contribution in [3.63, 3.8) is 0 Å². The van der Waals surface area contributed by atoms with Crippen molar-refractivity contribution in [2.45, 2.75) is 76.6 Å². The van der Waals surface area contributed by atoms with Crippen LogP contribution in [0.2, 0.25) is 0 Å². The molecule has 2 rings (SSSR count). The first kappa shape index (κ1) is 16.8. The molecule has 0 aliphatic heterocycles. The Kier molecular flexibility index (Phi) is 6.57. The van der Waals surface area contributed by atoms with Crippen molar-refractivity contribution in [3.8, 4) is 0 Å². The Morgan fingerprint density at radius 2 is 1.95 bits per heavy atom. The van der Waals surface area contributed by atoms with Gasteiger partial charge in [0, 0.05) is 11.4 Å². The van der Waals surface area contributed by atoms with Gasteiger partial charge in [0.15, 0.2) is 0 Å². The molecule has 21 heavy (non-hydrogen) atoms. The highest BCUT2D eigenvalue weighted by Gasteiger charge is 2.14. The number of nitrogens with two attached hydrogens (primary N) is 1. The summed E-state index contributed by atoms with van der Waals surface area (Å²) in [7, 11) is 0. The summed E-state index contributed by atoms with van der Waals surface area (Å²) in [6.07, 6.45) is 9.07. The van der Waals surface area contributed by atoms with Crippen molar-refractivity contribution in [1.82, 2.24) is 0 Å². The van der Waals surface area contributed by atoms with E-state index in [0.717, 1.165) is 25.7 Å². The monoisotopic (exact) mass is 307 g/mol. The zero-order chi connectivity index (χ0) is 15.2. The van der Waals surface area contributed by atoms with Crippen molar-refractivity contribution >= 4 is 11.6 Å². The zero-order valence-electron chi connectivity index (χ0n) is 13.6. The summed E-state index contributed by atoms with van der Waals surface area (Å²) in [5.41, 5.74) is 10.8. The first-order valence-corrected chi connectivity index (χ1v) is 8.98. The van der Waals surface area contributed by atoms with E-state index in [4.69, 9.17) is 17.3 Å². The normalized spacial score (nSPS) is 24.4. The minimum absolute atomic E-state index is 0.249. The second-order valence-corrected chi connectivity index (χ2v) is 7.70. The average molecular weight is 308 g/mol. The minimum atomic E-state index is 0.249. The summed E-state index contributed by atoms with van der Waals surface area (Å²) in [4.78, 5) is 0. The highest BCUT2D eigenvalue weighted by atomic mass is 35.5. The SMILES string of the molecule is CC(C)Cc1ccc2c(c1)CCCCC(Cl)CCC(N)C2. The lowest BCUT2D eigenvalue weighted by atomic mass is 9.92. The van der Waals surface area contributed by atoms with Crippen LogP contribution in [0.5, 0.6) is 0 Å². The third-order valence-corrected chi connectivity index (χ3v) is 4.90. The fourth-order valence-electron chi connectivity index (χ4n) is 3.31. The number of hydrogen-bond donors (Lipinski definition) is 1. The first-order chi connectivity index (χ1) is 10.0. The summed E-state index contributed by atoms with van der Waals surface area (Å²) in [5, 5.41) is 0.314. The van der Waals surface area contributed by atoms with E-state index in [-0.39, 0.29) is 6.04 Å². The molecule has 2 atom stereocenters. The smallest absolute Gasteiger partial charge is 0.0336 e. The molecule has 2 N–H and O–H groups in total. The highest BCUT2D eigenvalue weighted by molar-refractivity contribution is 6.20. The molecule has 0 saturated carbocycles. The van der Waals surface area contributed by atoms with Gasteiger partial charge in [-0.25, -0.2) is 0 Å². The van der Waals surface area contributed by atoms with Gasteiger partial charge in [0.1, 0.15) is 0 Å². The van der Waals surface area contributed by atoms with Crippen LogP contribution in [0, 0.1) is 5.92 Å². The van der Waals surface area contributed by atoms with Crippen LogP contribution in [-0.4, -0.2) is 11.4 Å². The Morgan fingerprint density at radius 1 is 1.14 bits per heavy atom. The van der Waals surface area contributed by atoms with Crippen molar-refractivity contribution in [2.24, 2.45) is 11.7 Å². The predicted molar refractivity (Wildman–Crippen MR) is 93.1 cm³/mol. The summed E-state index contributed by atoms with van der Waals surface area (Å²) in [5.74, 6) is 0.713. The Hall–Kier alpha value is -0.530. The van der Waals surface area contributed by atoms with Gasteiger partial charge in [-0.15, -0.1) is 11.6 Å². The summed E-state index contributed by atoms with van der Waals surface area (Å²) >= 11 is 6.38. The molecule has 0 aromatic heterocycles. The van der Waals surface area contributed by atoms with Crippen LogP contribution in [0.4, 0.5) is 0 Å². The molecule has 0 radical (unpaired) electrons. The molecule has 0 fully saturated rings. The Labute approximate surface area is 135 Å². The number of fused-ring (bicyclic) bond motifs is 1. The summed E-state index contributed by atoms with van der Waals surface area (Å²) in [6, 6.07) is 7.30. The molecule has 1 aromatic rings. The topological polar surface area (TPSA) is 26.0 Å². The van der Waals surface area contributed by atoms with Gasteiger partial charge in [0.05, 0.1) is 0 Å². The van der Waals surface area contributed by atoms with Gasteiger partial charge in [-0.2, -0.15) is 0 Å². The number of halogens is 1. The third kappa shape index (κ3) is 5.64. The first-order valence-electron chi connectivity index (χ1n) is 8.55. The predicted octanol–water partition coefficient (Wildman–Crippen LogP) is 4.87. The second-order valence-electron chi connectivity index (χ2n) is 7.09. The van der Waals surface area contributed by atoms with E-state index in [1.54, 1.807) is 0 Å². The van der Waals surface area contributed by atoms with E-state index < -0.39 is 0 Å². The number of hydrogen-bond acceptors (Lipinski definition) is 1. The lowest BCUT2D eigenvalue weighted by Gasteiger charge is -2.16. The van der Waals surface area contributed by atoms with Crippen LogP contribution in [0.15, 0.2) is 18.2 Å². The molecule has 0 bridgehead atoms. The molecule has 2 heteroatoms. The zero-order valence-corrected chi connectivity index (χ0v) is 14.3. The average Bonchev–Trinajstić information content (AvgIpc) is 2.45. The van der Waals surface area contributed by atoms with Gasteiger partial charge in [-0.05, 0) is 67.6 Å². The maximum atomic E-state index is 6.38. The van der Waals surface area contributed by atoms with Crippen LogP contribution >= 0.6 is 11.6 Å². The highest BCUT2D eigenvalue weighted by Crippen LogP contribution is 2.23. The Balaban J connectivity index is 2.15. The van der Waals surface area contributed by atoms with E-state index in [0.29, 0.717) is 11.3 Å². The van der Waals surface area contributed by atoms with Gasteiger partial charge < -0.3 is 5.73 Å². The van der Waals surface area contributed by atoms with Crippen molar-refractivity contribution in [3.05, 3.63) is 34.9 Å². The molecule has 1 aromatic carbocycles. The Morgan fingerprint density at radius 3 is 2.71 bits per heavy atom. The van der Waals surface area contributed by atoms with E-state index in [9.17, 15) is 0 Å². The van der Waals surface area contributed by atoms with Gasteiger partial charge in [0.25, 0.3) is 0 Å². The molecule has 2 unspecified atom stereocenters. The largest absolute Gasteiger partial charge is 0.327 e. The van der Waals surface area contributed by atoms with Crippen molar-refractivity contribution < 1.29 is 0 Å². The molecule has 1 nitrogen and oxygen atoms in total. The van der Waals surface area contributed by atoms with Crippen LogP contribution in [0.3, 0.4) is 0 Å². The standard InChI is InChI=1S/C19H30ClN/c1-14(2)11-15-7-8-17-13-19(21)10-9-18(20)6-4-3-5-16(17)12-15/h7-8,12,14,18-19H,3-6,9-11,13,21H2,1-2H3. The maximum Gasteiger partial charge on any atom is 0.0336 e. The minimum Gasteiger partial charge on any atom is -0.327 e. The van der Waals surface area contributed by atoms with Crippen LogP contribution in [-0.2, 0) is 19.3 Å². The number of aryl methyl sites for hydroxylation is 1.